The van der Waals surface area contributed by atoms with Crippen LogP contribution in [0.3, 0.4) is 0 Å². The summed E-state index contributed by atoms with van der Waals surface area (Å²) in [5.41, 5.74) is 2.93. The molecule has 0 bridgehead atoms. The van der Waals surface area contributed by atoms with E-state index in [0.717, 1.165) is 16.4 Å². The number of halogens is 1. The molecule has 0 atom stereocenters. The number of nitrogens with zero attached hydrogens (tertiary/aromatic N) is 3. The Morgan fingerprint density at radius 2 is 1.88 bits per heavy atom. The normalized spacial score (nSPS) is 10.8. The van der Waals surface area contributed by atoms with E-state index in [1.807, 2.05) is 23.9 Å². The summed E-state index contributed by atoms with van der Waals surface area (Å²) in [4.78, 5) is 21.6. The van der Waals surface area contributed by atoms with Gasteiger partial charge in [0, 0.05) is 29.9 Å². The SMILES string of the molecule is COc1ccc(C(=O)Nc2cc(-c3c(-c4ccccc4F)nc(SC)n3C)ccn2)cc1. The monoisotopic (exact) mass is 448 g/mol. The van der Waals surface area contributed by atoms with E-state index in [1.165, 1.54) is 17.8 Å². The minimum atomic E-state index is -0.346. The first-order chi connectivity index (χ1) is 15.5. The lowest BCUT2D eigenvalue weighted by Crippen LogP contribution is -2.13. The van der Waals surface area contributed by atoms with Gasteiger partial charge in [-0.1, -0.05) is 23.9 Å². The molecule has 162 valence electrons. The van der Waals surface area contributed by atoms with Crippen molar-refractivity contribution in [1.82, 2.24) is 14.5 Å². The fraction of sp³-hybridized carbons (Fsp3) is 0.125. The fourth-order valence-corrected chi connectivity index (χ4v) is 3.96. The quantitative estimate of drug-likeness (QED) is 0.407. The first kappa shape index (κ1) is 21.6. The summed E-state index contributed by atoms with van der Waals surface area (Å²) in [5.74, 6) is 0.417. The molecule has 2 aromatic carbocycles. The zero-order chi connectivity index (χ0) is 22.7. The lowest BCUT2D eigenvalue weighted by molar-refractivity contribution is 0.102. The first-order valence-electron chi connectivity index (χ1n) is 9.79. The Morgan fingerprint density at radius 3 is 2.56 bits per heavy atom. The molecule has 0 aliphatic heterocycles. The van der Waals surface area contributed by atoms with Gasteiger partial charge in [-0.25, -0.2) is 14.4 Å². The Hall–Kier alpha value is -3.65. The van der Waals surface area contributed by atoms with E-state index in [9.17, 15) is 9.18 Å². The molecule has 4 rings (SSSR count). The number of methoxy groups -OCH3 is 1. The molecule has 0 saturated carbocycles. The van der Waals surface area contributed by atoms with Crippen LogP contribution in [0.25, 0.3) is 22.5 Å². The first-order valence-corrected chi connectivity index (χ1v) is 11.0. The van der Waals surface area contributed by atoms with Gasteiger partial charge in [0.1, 0.15) is 23.1 Å². The summed E-state index contributed by atoms with van der Waals surface area (Å²) in [6.45, 7) is 0. The van der Waals surface area contributed by atoms with Gasteiger partial charge in [-0.05, 0) is 54.8 Å². The van der Waals surface area contributed by atoms with Crippen LogP contribution < -0.4 is 10.1 Å². The van der Waals surface area contributed by atoms with Crippen molar-refractivity contribution in [2.45, 2.75) is 5.16 Å². The molecule has 0 spiro atoms. The molecule has 0 radical (unpaired) electrons. The molecule has 2 aromatic heterocycles. The summed E-state index contributed by atoms with van der Waals surface area (Å²) in [7, 11) is 3.45. The number of hydrogen-bond acceptors (Lipinski definition) is 5. The van der Waals surface area contributed by atoms with E-state index in [4.69, 9.17) is 4.74 Å². The number of nitrogens with one attached hydrogen (secondary N) is 1. The summed E-state index contributed by atoms with van der Waals surface area (Å²) in [6.07, 6.45) is 3.53. The highest BCUT2D eigenvalue weighted by Gasteiger charge is 2.20. The summed E-state index contributed by atoms with van der Waals surface area (Å²) < 4.78 is 21.6. The standard InChI is InChI=1S/C24H21FN4O2S/c1-29-22(21(28-24(29)32-3)18-6-4-5-7-19(18)25)16-12-13-26-20(14-16)27-23(30)15-8-10-17(31-2)11-9-15/h4-14H,1-3H3,(H,26,27,30). The molecule has 32 heavy (non-hydrogen) atoms. The van der Waals surface area contributed by atoms with Gasteiger partial charge in [-0.15, -0.1) is 0 Å². The topological polar surface area (TPSA) is 69.0 Å². The minimum absolute atomic E-state index is 0.290. The molecule has 1 amide bonds. The van der Waals surface area contributed by atoms with E-state index in [1.54, 1.807) is 61.8 Å². The van der Waals surface area contributed by atoms with Crippen LogP contribution in [-0.4, -0.2) is 33.8 Å². The number of anilines is 1. The Bertz CT molecular complexity index is 1270. The van der Waals surface area contributed by atoms with Crippen molar-refractivity contribution in [2.75, 3.05) is 18.7 Å². The minimum Gasteiger partial charge on any atom is -0.497 e. The molecule has 4 aromatic rings. The predicted molar refractivity (Wildman–Crippen MR) is 125 cm³/mol. The second-order valence-electron chi connectivity index (χ2n) is 6.95. The number of pyridine rings is 1. The van der Waals surface area contributed by atoms with Gasteiger partial charge in [0.2, 0.25) is 0 Å². The van der Waals surface area contributed by atoms with Gasteiger partial charge >= 0.3 is 0 Å². The van der Waals surface area contributed by atoms with Crippen LogP contribution in [0.1, 0.15) is 10.4 Å². The third-order valence-corrected chi connectivity index (χ3v) is 5.72. The van der Waals surface area contributed by atoms with Gasteiger partial charge in [-0.3, -0.25) is 4.79 Å². The summed E-state index contributed by atoms with van der Waals surface area (Å²) in [6, 6.07) is 16.9. The van der Waals surface area contributed by atoms with Crippen molar-refractivity contribution < 1.29 is 13.9 Å². The molecule has 0 saturated heterocycles. The van der Waals surface area contributed by atoms with Crippen molar-refractivity contribution in [3.63, 3.8) is 0 Å². The maximum Gasteiger partial charge on any atom is 0.256 e. The maximum absolute atomic E-state index is 14.6. The van der Waals surface area contributed by atoms with Gasteiger partial charge < -0.3 is 14.6 Å². The lowest BCUT2D eigenvalue weighted by atomic mass is 10.0. The number of aromatic nitrogens is 3. The number of amides is 1. The van der Waals surface area contributed by atoms with Crippen molar-refractivity contribution >= 4 is 23.5 Å². The predicted octanol–water partition coefficient (Wildman–Crippen LogP) is 5.27. The number of ether oxygens (including phenoxy) is 1. The zero-order valence-corrected chi connectivity index (χ0v) is 18.6. The zero-order valence-electron chi connectivity index (χ0n) is 17.8. The van der Waals surface area contributed by atoms with Crippen LogP contribution in [0.5, 0.6) is 5.75 Å². The van der Waals surface area contributed by atoms with Crippen LogP contribution in [0.4, 0.5) is 10.2 Å². The Labute approximate surface area is 189 Å². The van der Waals surface area contributed by atoms with E-state index < -0.39 is 0 Å². The number of rotatable bonds is 6. The van der Waals surface area contributed by atoms with Crippen LogP contribution in [-0.2, 0) is 7.05 Å². The number of benzene rings is 2. The maximum atomic E-state index is 14.6. The van der Waals surface area contributed by atoms with Crippen LogP contribution in [0.2, 0.25) is 0 Å². The third kappa shape index (κ3) is 4.22. The van der Waals surface area contributed by atoms with E-state index >= 15 is 0 Å². The highest BCUT2D eigenvalue weighted by Crippen LogP contribution is 2.36. The Morgan fingerprint density at radius 1 is 1.12 bits per heavy atom. The third-order valence-electron chi connectivity index (χ3n) is 4.99. The molecule has 6 nitrogen and oxygen atoms in total. The van der Waals surface area contributed by atoms with Gasteiger partial charge in [0.15, 0.2) is 5.16 Å². The van der Waals surface area contributed by atoms with Gasteiger partial charge in [0.25, 0.3) is 5.91 Å². The van der Waals surface area contributed by atoms with E-state index in [-0.39, 0.29) is 11.7 Å². The van der Waals surface area contributed by atoms with Crippen molar-refractivity contribution in [2.24, 2.45) is 7.05 Å². The van der Waals surface area contributed by atoms with Crippen LogP contribution in [0, 0.1) is 5.82 Å². The van der Waals surface area contributed by atoms with Gasteiger partial charge in [-0.2, -0.15) is 0 Å². The molecular weight excluding hydrogens is 427 g/mol. The van der Waals surface area contributed by atoms with E-state index in [2.05, 4.69) is 15.3 Å². The number of imidazole rings is 1. The smallest absolute Gasteiger partial charge is 0.256 e. The van der Waals surface area contributed by atoms with E-state index in [0.29, 0.717) is 28.4 Å². The Kier molecular flexibility index (Phi) is 6.23. The average molecular weight is 449 g/mol. The molecular formula is C24H21FN4O2S. The van der Waals surface area contributed by atoms with Crippen molar-refractivity contribution in [3.8, 4) is 28.3 Å². The molecule has 8 heteroatoms. The number of carbonyl (C=O) groups excluding carboxylic acids is 1. The van der Waals surface area contributed by atoms with Crippen molar-refractivity contribution in [3.05, 3.63) is 78.2 Å². The molecule has 2 heterocycles. The lowest BCUT2D eigenvalue weighted by Gasteiger charge is -2.10. The van der Waals surface area contributed by atoms with Gasteiger partial charge in [0.05, 0.1) is 12.8 Å². The number of carbonyl (C=O) groups is 1. The molecule has 0 unspecified atom stereocenters. The highest BCUT2D eigenvalue weighted by atomic mass is 32.2. The highest BCUT2D eigenvalue weighted by molar-refractivity contribution is 7.98. The second-order valence-corrected chi connectivity index (χ2v) is 7.72. The summed E-state index contributed by atoms with van der Waals surface area (Å²) >= 11 is 1.47. The second kappa shape index (κ2) is 9.23. The Balaban J connectivity index is 1.71. The van der Waals surface area contributed by atoms with Crippen LogP contribution in [0.15, 0.2) is 72.0 Å². The van der Waals surface area contributed by atoms with Crippen molar-refractivity contribution in [1.29, 1.82) is 0 Å². The summed E-state index contributed by atoms with van der Waals surface area (Å²) in [5, 5.41) is 3.57. The average Bonchev–Trinajstić information content (AvgIpc) is 3.15. The largest absolute Gasteiger partial charge is 0.497 e. The molecule has 0 aliphatic carbocycles. The van der Waals surface area contributed by atoms with Crippen LogP contribution >= 0.6 is 11.8 Å². The number of thioether (sulfide) groups is 1. The fourth-order valence-electron chi connectivity index (χ4n) is 3.41. The molecule has 0 fully saturated rings. The molecule has 0 aliphatic rings. The molecule has 1 N–H and O–H groups in total. The number of hydrogen-bond donors (Lipinski definition) is 1.